The van der Waals surface area contributed by atoms with Crippen LogP contribution in [0.2, 0.25) is 0 Å². The zero-order valence-electron chi connectivity index (χ0n) is 52.6. The summed E-state index contributed by atoms with van der Waals surface area (Å²) in [5, 5.41) is 87.2. The zero-order valence-corrected chi connectivity index (χ0v) is 52.6. The molecule has 0 bridgehead atoms. The Morgan fingerprint density at radius 3 is 1.31 bits per heavy atom. The molecule has 2 heterocycles. The number of carbonyl (C=O) groups is 1. The molecular weight excluding hydrogens is 1060 g/mol. The van der Waals surface area contributed by atoms with Gasteiger partial charge in [0.2, 0.25) is 5.91 Å². The minimum atomic E-state index is -1.79. The van der Waals surface area contributed by atoms with Crippen molar-refractivity contribution < 1.29 is 64.6 Å². The Morgan fingerprint density at radius 1 is 0.440 bits per heavy atom. The lowest BCUT2D eigenvalue weighted by molar-refractivity contribution is -0.359. The number of amides is 1. The van der Waals surface area contributed by atoms with E-state index < -0.39 is 86.8 Å². The van der Waals surface area contributed by atoms with Gasteiger partial charge in [-0.3, -0.25) is 4.79 Å². The van der Waals surface area contributed by atoms with E-state index in [1.54, 1.807) is 6.08 Å². The monoisotopic (exact) mass is 1190 g/mol. The predicted octanol–water partition coefficient (Wildman–Crippen LogP) is 13.2. The van der Waals surface area contributed by atoms with Gasteiger partial charge in [-0.05, 0) is 83.5 Å². The SMILES string of the molecule is CC/C=C\C/C=C\C/C=C\C/C=C\CCCCCCCCCCCCCCCCCCCCCCCCC(=O)NC(COC1OC(CO)C(OC2OC(CO)C(O)C(O)C2O)C(O)C1O)C(O)/C=C/CC/C=C/CC/C=C/CCCCCCC. The number of hydrogen-bond acceptors (Lipinski definition) is 13. The number of aliphatic hydroxyl groups is 8. The van der Waals surface area contributed by atoms with E-state index in [0.717, 1.165) is 70.6 Å². The summed E-state index contributed by atoms with van der Waals surface area (Å²) in [4.78, 5) is 13.3. The van der Waals surface area contributed by atoms with Crippen LogP contribution in [0, 0.1) is 0 Å². The van der Waals surface area contributed by atoms with E-state index in [1.807, 2.05) is 6.08 Å². The second-order valence-corrected chi connectivity index (χ2v) is 23.5. The summed E-state index contributed by atoms with van der Waals surface area (Å²) in [7, 11) is 0. The summed E-state index contributed by atoms with van der Waals surface area (Å²) in [6.07, 6.45) is 58.0. The number of carbonyl (C=O) groups excluding carboxylic acids is 1. The average molecular weight is 1190 g/mol. The Balaban J connectivity index is 1.62. The van der Waals surface area contributed by atoms with E-state index in [1.165, 1.54) is 154 Å². The molecule has 0 aromatic heterocycles. The van der Waals surface area contributed by atoms with E-state index in [4.69, 9.17) is 18.9 Å². The van der Waals surface area contributed by atoms with E-state index >= 15 is 0 Å². The molecule has 2 fully saturated rings. The summed E-state index contributed by atoms with van der Waals surface area (Å²) in [6.45, 7) is 2.65. The van der Waals surface area contributed by atoms with Gasteiger partial charge in [-0.15, -0.1) is 0 Å². The summed E-state index contributed by atoms with van der Waals surface area (Å²) < 4.78 is 22.8. The van der Waals surface area contributed by atoms with Gasteiger partial charge in [-0.1, -0.05) is 253 Å². The van der Waals surface area contributed by atoms with Gasteiger partial charge >= 0.3 is 0 Å². The van der Waals surface area contributed by atoms with Crippen LogP contribution in [0.1, 0.15) is 258 Å². The molecule has 2 aliphatic rings. The van der Waals surface area contributed by atoms with Crippen LogP contribution in [0.3, 0.4) is 0 Å². The third kappa shape index (κ3) is 38.4. The van der Waals surface area contributed by atoms with Crippen LogP contribution in [0.4, 0.5) is 0 Å². The second-order valence-electron chi connectivity index (χ2n) is 23.5. The van der Waals surface area contributed by atoms with Crippen molar-refractivity contribution in [3.8, 4) is 0 Å². The van der Waals surface area contributed by atoms with Crippen LogP contribution in [-0.2, 0) is 23.7 Å². The largest absolute Gasteiger partial charge is 0.394 e. The number of allylic oxidation sites excluding steroid dienone is 13. The topological polar surface area (TPSA) is 228 Å². The molecule has 0 radical (unpaired) electrons. The van der Waals surface area contributed by atoms with E-state index in [9.17, 15) is 45.6 Å². The van der Waals surface area contributed by atoms with Crippen molar-refractivity contribution in [3.05, 3.63) is 85.1 Å². The van der Waals surface area contributed by atoms with Gasteiger partial charge < -0.3 is 65.1 Å². The lowest BCUT2D eigenvalue weighted by Gasteiger charge is -2.46. The van der Waals surface area contributed by atoms with Gasteiger partial charge in [0.15, 0.2) is 12.6 Å². The van der Waals surface area contributed by atoms with E-state index in [0.29, 0.717) is 12.8 Å². The summed E-state index contributed by atoms with van der Waals surface area (Å²) in [5.74, 6) is -0.253. The van der Waals surface area contributed by atoms with Crippen LogP contribution in [-0.4, -0.2) is 140 Å². The molecule has 12 unspecified atom stereocenters. The minimum Gasteiger partial charge on any atom is -0.394 e. The van der Waals surface area contributed by atoms with Gasteiger partial charge in [0.05, 0.1) is 32.0 Å². The standard InChI is InChI=1S/C70H123NO13/c1-3-5-7-9-11-13-15-17-19-20-21-22-23-24-25-26-27-28-29-30-31-32-33-34-35-36-37-38-40-42-44-46-48-50-52-54-62(75)71-58(59(74)53-51-49-47-45-43-41-39-18-16-14-12-10-8-6-4-2)57-81-69-67(80)65(78)68(61(56-73)83-69)84-70-66(79)64(77)63(76)60(55-72)82-70/h5,7,11,13,16-19,21-22,43,45,51,53,58-61,63-70,72-74,76-80H,3-4,6,8-10,12,14-15,20,23-42,44,46-50,52,54-57H2,1-2H3,(H,71,75)/b7-5-,13-11-,18-16+,19-17-,22-21-,45-43+,53-51+. The predicted molar refractivity (Wildman–Crippen MR) is 341 cm³/mol. The van der Waals surface area contributed by atoms with Gasteiger partial charge in [-0.25, -0.2) is 0 Å². The average Bonchev–Trinajstić information content (AvgIpc) is 3.23. The van der Waals surface area contributed by atoms with Crippen molar-refractivity contribution in [3.63, 3.8) is 0 Å². The fourth-order valence-electron chi connectivity index (χ4n) is 10.7. The Hall–Kier alpha value is -2.83. The van der Waals surface area contributed by atoms with Gasteiger partial charge in [0.1, 0.15) is 48.8 Å². The molecule has 2 saturated heterocycles. The lowest BCUT2D eigenvalue weighted by atomic mass is 9.97. The van der Waals surface area contributed by atoms with Crippen molar-refractivity contribution in [1.29, 1.82) is 0 Å². The molecule has 14 heteroatoms. The molecule has 0 aromatic carbocycles. The molecule has 84 heavy (non-hydrogen) atoms. The highest BCUT2D eigenvalue weighted by Gasteiger charge is 2.51. The maximum atomic E-state index is 13.3. The third-order valence-corrected chi connectivity index (χ3v) is 16.0. The zero-order chi connectivity index (χ0) is 60.9. The van der Waals surface area contributed by atoms with Crippen LogP contribution >= 0.6 is 0 Å². The van der Waals surface area contributed by atoms with Crippen molar-refractivity contribution in [2.45, 2.75) is 331 Å². The van der Waals surface area contributed by atoms with Crippen molar-refractivity contribution in [2.75, 3.05) is 19.8 Å². The third-order valence-electron chi connectivity index (χ3n) is 16.0. The molecular formula is C70H123NO13. The summed E-state index contributed by atoms with van der Waals surface area (Å²) >= 11 is 0. The molecule has 0 aliphatic carbocycles. The van der Waals surface area contributed by atoms with E-state index in [-0.39, 0.29) is 18.9 Å². The Bertz CT molecular complexity index is 1730. The molecule has 0 spiro atoms. The first-order valence-electron chi connectivity index (χ1n) is 33.8. The Labute approximate surface area is 510 Å². The highest BCUT2D eigenvalue weighted by molar-refractivity contribution is 5.76. The molecule has 2 rings (SSSR count). The number of aliphatic hydroxyl groups excluding tert-OH is 8. The van der Waals surface area contributed by atoms with Crippen molar-refractivity contribution in [2.24, 2.45) is 0 Å². The molecule has 2 aliphatic heterocycles. The van der Waals surface area contributed by atoms with Crippen LogP contribution in [0.25, 0.3) is 0 Å². The van der Waals surface area contributed by atoms with Gasteiger partial charge in [0, 0.05) is 6.42 Å². The first kappa shape index (κ1) is 77.3. The molecule has 12 atom stereocenters. The molecule has 0 aromatic rings. The molecule has 0 saturated carbocycles. The maximum absolute atomic E-state index is 13.3. The van der Waals surface area contributed by atoms with Gasteiger partial charge in [-0.2, -0.15) is 0 Å². The molecule has 486 valence electrons. The highest BCUT2D eigenvalue weighted by Crippen LogP contribution is 2.30. The molecule has 9 N–H and O–H groups in total. The normalized spacial score (nSPS) is 24.2. The maximum Gasteiger partial charge on any atom is 0.220 e. The minimum absolute atomic E-state index is 0.253. The Morgan fingerprint density at radius 2 is 0.833 bits per heavy atom. The van der Waals surface area contributed by atoms with Gasteiger partial charge in [0.25, 0.3) is 0 Å². The van der Waals surface area contributed by atoms with Crippen LogP contribution < -0.4 is 5.32 Å². The summed E-state index contributed by atoms with van der Waals surface area (Å²) in [5.41, 5.74) is 0. The fourth-order valence-corrected chi connectivity index (χ4v) is 10.7. The number of hydrogen-bond donors (Lipinski definition) is 9. The first-order valence-corrected chi connectivity index (χ1v) is 33.8. The smallest absolute Gasteiger partial charge is 0.220 e. The number of unbranched alkanes of at least 4 members (excludes halogenated alkanes) is 29. The number of rotatable bonds is 54. The fraction of sp³-hybridized carbons (Fsp3) is 0.786. The molecule has 1 amide bonds. The van der Waals surface area contributed by atoms with Crippen LogP contribution in [0.15, 0.2) is 85.1 Å². The van der Waals surface area contributed by atoms with Crippen molar-refractivity contribution >= 4 is 5.91 Å². The lowest BCUT2D eigenvalue weighted by Crippen LogP contribution is -2.65. The molecule has 14 nitrogen and oxygen atoms in total. The Kier molecular flexibility index (Phi) is 50.0. The number of ether oxygens (including phenoxy) is 4. The first-order chi connectivity index (χ1) is 41.1. The summed E-state index contributed by atoms with van der Waals surface area (Å²) in [6, 6.07) is -0.940. The second kappa shape index (κ2) is 54.3. The van der Waals surface area contributed by atoms with E-state index in [2.05, 4.69) is 92.1 Å². The van der Waals surface area contributed by atoms with Crippen LogP contribution in [0.5, 0.6) is 0 Å². The quantitative estimate of drug-likeness (QED) is 0.0204. The number of nitrogens with one attached hydrogen (secondary N) is 1. The van der Waals surface area contributed by atoms with Crippen molar-refractivity contribution in [1.82, 2.24) is 5.32 Å². The highest BCUT2D eigenvalue weighted by atomic mass is 16.7.